The molecule has 7 heteroatoms. The van der Waals surface area contributed by atoms with E-state index in [9.17, 15) is 13.6 Å². The Hall–Kier alpha value is -1.95. The van der Waals surface area contributed by atoms with Crippen molar-refractivity contribution in [1.29, 1.82) is 0 Å². The van der Waals surface area contributed by atoms with Crippen LogP contribution in [0, 0.1) is 11.6 Å². The predicted molar refractivity (Wildman–Crippen MR) is 61.1 cm³/mol. The van der Waals surface area contributed by atoms with Crippen LogP contribution in [0.4, 0.5) is 8.78 Å². The van der Waals surface area contributed by atoms with E-state index in [4.69, 9.17) is 11.6 Å². The first-order valence-electron chi connectivity index (χ1n) is 4.98. The smallest absolute Gasteiger partial charge is 0.253 e. The molecule has 0 aliphatic heterocycles. The molecule has 0 aliphatic rings. The third-order valence-electron chi connectivity index (χ3n) is 2.25. The molecule has 0 fully saturated rings. The van der Waals surface area contributed by atoms with Crippen molar-refractivity contribution in [2.75, 3.05) is 0 Å². The first kappa shape index (κ1) is 12.5. The average Bonchev–Trinajstić information content (AvgIpc) is 2.84. The summed E-state index contributed by atoms with van der Waals surface area (Å²) in [5.41, 5.74) is 0.567. The Kier molecular flexibility index (Phi) is 3.57. The van der Waals surface area contributed by atoms with Crippen molar-refractivity contribution in [3.63, 3.8) is 0 Å². The van der Waals surface area contributed by atoms with E-state index in [0.29, 0.717) is 5.69 Å². The van der Waals surface area contributed by atoms with Crippen LogP contribution in [0.15, 0.2) is 24.7 Å². The number of amides is 1. The SMILES string of the molecule is O=C(NCc1cnc[nH]1)c1cc(F)c(F)cc1Cl. The Morgan fingerprint density at radius 1 is 1.39 bits per heavy atom. The molecule has 0 spiro atoms. The van der Waals surface area contributed by atoms with Crippen LogP contribution in [0.3, 0.4) is 0 Å². The zero-order chi connectivity index (χ0) is 13.1. The fraction of sp³-hybridized carbons (Fsp3) is 0.0909. The fourth-order valence-electron chi connectivity index (χ4n) is 1.35. The Bertz CT molecular complexity index is 572. The number of aromatic amines is 1. The summed E-state index contributed by atoms with van der Waals surface area (Å²) in [7, 11) is 0. The molecule has 0 radical (unpaired) electrons. The van der Waals surface area contributed by atoms with Crippen molar-refractivity contribution in [1.82, 2.24) is 15.3 Å². The first-order chi connectivity index (χ1) is 8.58. The topological polar surface area (TPSA) is 57.8 Å². The lowest BCUT2D eigenvalue weighted by Crippen LogP contribution is -2.23. The maximum atomic E-state index is 13.0. The lowest BCUT2D eigenvalue weighted by atomic mass is 10.2. The summed E-state index contributed by atoms with van der Waals surface area (Å²) in [6.07, 6.45) is 3.00. The maximum absolute atomic E-state index is 13.0. The number of carbonyl (C=O) groups is 1. The van der Waals surface area contributed by atoms with Gasteiger partial charge in [-0.3, -0.25) is 4.79 Å². The van der Waals surface area contributed by atoms with Gasteiger partial charge in [-0.2, -0.15) is 0 Å². The van der Waals surface area contributed by atoms with Crippen molar-refractivity contribution in [3.8, 4) is 0 Å². The molecule has 0 bridgehead atoms. The number of H-pyrrole nitrogens is 1. The number of benzene rings is 1. The molecule has 1 aromatic carbocycles. The molecule has 0 atom stereocenters. The number of halogens is 3. The van der Waals surface area contributed by atoms with Gasteiger partial charge in [0.25, 0.3) is 5.91 Å². The molecule has 1 aromatic heterocycles. The average molecular weight is 272 g/mol. The van der Waals surface area contributed by atoms with Crippen LogP contribution in [-0.2, 0) is 6.54 Å². The maximum Gasteiger partial charge on any atom is 0.253 e. The van der Waals surface area contributed by atoms with Gasteiger partial charge < -0.3 is 10.3 Å². The second kappa shape index (κ2) is 5.14. The predicted octanol–water partition coefficient (Wildman–Crippen LogP) is 2.27. The number of nitrogens with zero attached hydrogens (tertiary/aromatic N) is 1. The molecule has 0 unspecified atom stereocenters. The minimum atomic E-state index is -1.12. The van der Waals surface area contributed by atoms with Gasteiger partial charge in [-0.1, -0.05) is 11.6 Å². The van der Waals surface area contributed by atoms with E-state index in [1.807, 2.05) is 0 Å². The zero-order valence-corrected chi connectivity index (χ0v) is 9.76. The highest BCUT2D eigenvalue weighted by Gasteiger charge is 2.14. The molecule has 0 saturated heterocycles. The van der Waals surface area contributed by atoms with E-state index in [0.717, 1.165) is 12.1 Å². The normalized spacial score (nSPS) is 10.4. The van der Waals surface area contributed by atoms with Gasteiger partial charge in [0.2, 0.25) is 0 Å². The van der Waals surface area contributed by atoms with Crippen LogP contribution in [0.2, 0.25) is 5.02 Å². The minimum absolute atomic E-state index is 0.116. The summed E-state index contributed by atoms with van der Waals surface area (Å²) in [5, 5.41) is 2.36. The number of imidazole rings is 1. The van der Waals surface area contributed by atoms with E-state index in [1.54, 1.807) is 0 Å². The van der Waals surface area contributed by atoms with Crippen LogP contribution in [-0.4, -0.2) is 15.9 Å². The highest BCUT2D eigenvalue weighted by atomic mass is 35.5. The number of carbonyl (C=O) groups excluding carboxylic acids is 1. The van der Waals surface area contributed by atoms with Crippen molar-refractivity contribution in [3.05, 3.63) is 52.6 Å². The molecule has 0 saturated carbocycles. The number of hydrogen-bond donors (Lipinski definition) is 2. The van der Waals surface area contributed by atoms with Gasteiger partial charge in [-0.25, -0.2) is 13.8 Å². The largest absolute Gasteiger partial charge is 0.347 e. The van der Waals surface area contributed by atoms with Gasteiger partial charge >= 0.3 is 0 Å². The number of hydrogen-bond acceptors (Lipinski definition) is 2. The van der Waals surface area contributed by atoms with E-state index in [2.05, 4.69) is 15.3 Å². The van der Waals surface area contributed by atoms with Crippen LogP contribution in [0.25, 0.3) is 0 Å². The summed E-state index contributed by atoms with van der Waals surface area (Å²) >= 11 is 5.67. The van der Waals surface area contributed by atoms with Gasteiger partial charge in [-0.15, -0.1) is 0 Å². The van der Waals surface area contributed by atoms with Gasteiger partial charge in [0.1, 0.15) is 0 Å². The van der Waals surface area contributed by atoms with Gasteiger partial charge in [-0.05, 0) is 12.1 Å². The van der Waals surface area contributed by atoms with Crippen molar-refractivity contribution >= 4 is 17.5 Å². The Labute approximate surface area is 106 Å². The molecule has 18 heavy (non-hydrogen) atoms. The highest BCUT2D eigenvalue weighted by molar-refractivity contribution is 6.33. The quantitative estimate of drug-likeness (QED) is 0.842. The first-order valence-corrected chi connectivity index (χ1v) is 5.35. The molecule has 94 valence electrons. The second-order valence-electron chi connectivity index (χ2n) is 3.51. The Morgan fingerprint density at radius 3 is 2.78 bits per heavy atom. The van der Waals surface area contributed by atoms with Gasteiger partial charge in [0.15, 0.2) is 11.6 Å². The van der Waals surface area contributed by atoms with Crippen molar-refractivity contribution < 1.29 is 13.6 Å². The van der Waals surface area contributed by atoms with Crippen molar-refractivity contribution in [2.45, 2.75) is 6.54 Å². The van der Waals surface area contributed by atoms with E-state index < -0.39 is 17.5 Å². The van der Waals surface area contributed by atoms with E-state index in [1.165, 1.54) is 12.5 Å². The molecule has 1 amide bonds. The monoisotopic (exact) mass is 271 g/mol. The molecule has 2 aromatic rings. The van der Waals surface area contributed by atoms with E-state index in [-0.39, 0.29) is 17.1 Å². The Balaban J connectivity index is 2.11. The third-order valence-corrected chi connectivity index (χ3v) is 2.56. The second-order valence-corrected chi connectivity index (χ2v) is 3.91. The lowest BCUT2D eigenvalue weighted by molar-refractivity contribution is 0.0950. The highest BCUT2D eigenvalue weighted by Crippen LogP contribution is 2.19. The van der Waals surface area contributed by atoms with Gasteiger partial charge in [0, 0.05) is 6.20 Å². The number of nitrogens with one attached hydrogen (secondary N) is 2. The van der Waals surface area contributed by atoms with Gasteiger partial charge in [0.05, 0.1) is 29.2 Å². The standard InChI is InChI=1S/C11H8ClF2N3O/c12-8-2-10(14)9(13)1-7(8)11(18)16-4-6-3-15-5-17-6/h1-3,5H,4H2,(H,15,17)(H,16,18). The molecular weight excluding hydrogens is 264 g/mol. The summed E-state index contributed by atoms with van der Waals surface area (Å²) in [4.78, 5) is 18.3. The fourth-order valence-corrected chi connectivity index (χ4v) is 1.58. The minimum Gasteiger partial charge on any atom is -0.347 e. The zero-order valence-electron chi connectivity index (χ0n) is 9.01. The summed E-state index contributed by atoms with van der Waals surface area (Å²) < 4.78 is 25.8. The molecule has 4 nitrogen and oxygen atoms in total. The van der Waals surface area contributed by atoms with Crippen LogP contribution in [0.1, 0.15) is 16.1 Å². The van der Waals surface area contributed by atoms with E-state index >= 15 is 0 Å². The molecule has 2 N–H and O–H groups in total. The molecule has 2 rings (SSSR count). The van der Waals surface area contributed by atoms with Crippen LogP contribution < -0.4 is 5.32 Å². The molecular formula is C11H8ClF2N3O. The number of aromatic nitrogens is 2. The lowest BCUT2D eigenvalue weighted by Gasteiger charge is -2.06. The summed E-state index contributed by atoms with van der Waals surface area (Å²) in [6.45, 7) is 0.189. The summed E-state index contributed by atoms with van der Waals surface area (Å²) in [6, 6.07) is 1.53. The van der Waals surface area contributed by atoms with Crippen LogP contribution >= 0.6 is 11.6 Å². The van der Waals surface area contributed by atoms with Crippen LogP contribution in [0.5, 0.6) is 0 Å². The van der Waals surface area contributed by atoms with Crippen molar-refractivity contribution in [2.24, 2.45) is 0 Å². The number of rotatable bonds is 3. The molecule has 1 heterocycles. The summed E-state index contributed by atoms with van der Waals surface area (Å²) in [5.74, 6) is -2.80. The third kappa shape index (κ3) is 2.65. The molecule has 0 aliphatic carbocycles. The Morgan fingerprint density at radius 2 is 2.11 bits per heavy atom.